The van der Waals surface area contributed by atoms with Crippen LogP contribution in [0.2, 0.25) is 5.02 Å². The summed E-state index contributed by atoms with van der Waals surface area (Å²) in [6.45, 7) is 0. The molecule has 2 aromatic carbocycles. The highest BCUT2D eigenvalue weighted by atomic mass is 35.5. The van der Waals surface area contributed by atoms with Crippen molar-refractivity contribution in [1.29, 1.82) is 0 Å². The molecule has 1 aliphatic rings. The van der Waals surface area contributed by atoms with Gasteiger partial charge in [0.15, 0.2) is 0 Å². The summed E-state index contributed by atoms with van der Waals surface area (Å²) in [5.74, 6) is 0. The molecule has 2 aromatic rings. The zero-order chi connectivity index (χ0) is 14.1. The molecule has 104 valence electrons. The van der Waals surface area contributed by atoms with Gasteiger partial charge in [0.25, 0.3) is 0 Å². The summed E-state index contributed by atoms with van der Waals surface area (Å²) in [6.07, 6.45) is 2.16. The van der Waals surface area contributed by atoms with Crippen LogP contribution in [0.3, 0.4) is 0 Å². The lowest BCUT2D eigenvalue weighted by Crippen LogP contribution is -2.22. The maximum Gasteiger partial charge on any atom is 0.0786 e. The number of fused-ring (bicyclic) bond motifs is 1. The summed E-state index contributed by atoms with van der Waals surface area (Å²) in [5, 5.41) is 4.44. The Labute approximate surface area is 125 Å². The van der Waals surface area contributed by atoms with Crippen molar-refractivity contribution < 1.29 is 0 Å². The molecule has 0 saturated heterocycles. The first kappa shape index (κ1) is 13.3. The molecule has 1 N–H and O–H groups in total. The molecule has 0 spiro atoms. The van der Waals surface area contributed by atoms with E-state index in [0.29, 0.717) is 6.04 Å². The fraction of sp³-hybridized carbons (Fsp3) is 0.294. The van der Waals surface area contributed by atoms with Crippen LogP contribution >= 0.6 is 11.6 Å². The Morgan fingerprint density at radius 3 is 2.25 bits per heavy atom. The van der Waals surface area contributed by atoms with Crippen molar-refractivity contribution in [2.24, 2.45) is 0 Å². The van der Waals surface area contributed by atoms with Crippen LogP contribution in [0.15, 0.2) is 42.5 Å². The fourth-order valence-corrected chi connectivity index (χ4v) is 3.31. The van der Waals surface area contributed by atoms with Gasteiger partial charge in [0, 0.05) is 20.1 Å². The van der Waals surface area contributed by atoms with Crippen LogP contribution in [0.1, 0.15) is 11.1 Å². The zero-order valence-electron chi connectivity index (χ0n) is 11.9. The molecule has 3 rings (SSSR count). The second-order valence-electron chi connectivity index (χ2n) is 5.55. The third-order valence-corrected chi connectivity index (χ3v) is 4.15. The Hall–Kier alpha value is -1.67. The Morgan fingerprint density at radius 1 is 1.00 bits per heavy atom. The van der Waals surface area contributed by atoms with Crippen molar-refractivity contribution in [3.63, 3.8) is 0 Å². The molecule has 0 fully saturated rings. The molecule has 0 unspecified atom stereocenters. The molecule has 0 heterocycles. The lowest BCUT2D eigenvalue weighted by atomic mass is 10.1. The van der Waals surface area contributed by atoms with Gasteiger partial charge in [-0.3, -0.25) is 0 Å². The van der Waals surface area contributed by atoms with E-state index in [2.05, 4.69) is 40.5 Å². The highest BCUT2D eigenvalue weighted by molar-refractivity contribution is 6.34. The number of halogens is 1. The summed E-state index contributed by atoms with van der Waals surface area (Å²) in [4.78, 5) is 2.06. The van der Waals surface area contributed by atoms with Gasteiger partial charge in [0.05, 0.1) is 16.4 Å². The molecule has 0 aliphatic heterocycles. The molecule has 3 heteroatoms. The molecule has 0 saturated carbocycles. The summed E-state index contributed by atoms with van der Waals surface area (Å²) >= 11 is 6.32. The van der Waals surface area contributed by atoms with Crippen LogP contribution in [-0.2, 0) is 12.8 Å². The lowest BCUT2D eigenvalue weighted by molar-refractivity contribution is 0.774. The SMILES string of the molecule is CN(C)c1c(Cl)cccc1NC1Cc2ccccc2C1. The van der Waals surface area contributed by atoms with Gasteiger partial charge in [-0.05, 0) is 36.1 Å². The lowest BCUT2D eigenvalue weighted by Gasteiger charge is -2.22. The Morgan fingerprint density at radius 2 is 1.65 bits per heavy atom. The average molecular weight is 287 g/mol. The van der Waals surface area contributed by atoms with E-state index in [-0.39, 0.29) is 0 Å². The van der Waals surface area contributed by atoms with Crippen LogP contribution in [0, 0.1) is 0 Å². The number of anilines is 2. The quantitative estimate of drug-likeness (QED) is 0.918. The van der Waals surface area contributed by atoms with Crippen molar-refractivity contribution >= 4 is 23.0 Å². The smallest absolute Gasteiger partial charge is 0.0786 e. The molecule has 0 amide bonds. The van der Waals surface area contributed by atoms with E-state index >= 15 is 0 Å². The van der Waals surface area contributed by atoms with E-state index in [0.717, 1.165) is 29.2 Å². The van der Waals surface area contributed by atoms with Crippen molar-refractivity contribution in [3.8, 4) is 0 Å². The van der Waals surface area contributed by atoms with Gasteiger partial charge >= 0.3 is 0 Å². The number of benzene rings is 2. The molecule has 20 heavy (non-hydrogen) atoms. The predicted octanol–water partition coefficient (Wildman–Crippen LogP) is 3.99. The largest absolute Gasteiger partial charge is 0.380 e. The van der Waals surface area contributed by atoms with Gasteiger partial charge in [-0.15, -0.1) is 0 Å². The first-order valence-electron chi connectivity index (χ1n) is 6.94. The molecule has 0 aromatic heterocycles. The van der Waals surface area contributed by atoms with E-state index in [4.69, 9.17) is 11.6 Å². The summed E-state index contributed by atoms with van der Waals surface area (Å²) < 4.78 is 0. The molecule has 1 aliphatic carbocycles. The minimum atomic E-state index is 0.449. The Kier molecular flexibility index (Phi) is 3.58. The number of nitrogens with one attached hydrogen (secondary N) is 1. The van der Waals surface area contributed by atoms with Gasteiger partial charge < -0.3 is 10.2 Å². The van der Waals surface area contributed by atoms with Gasteiger partial charge in [0.1, 0.15) is 0 Å². The summed E-state index contributed by atoms with van der Waals surface area (Å²) in [6, 6.07) is 15.2. The minimum absolute atomic E-state index is 0.449. The van der Waals surface area contributed by atoms with Crippen LogP contribution in [0.4, 0.5) is 11.4 Å². The number of hydrogen-bond donors (Lipinski definition) is 1. The second kappa shape index (κ2) is 5.37. The Bertz CT molecular complexity index is 597. The van der Waals surface area contributed by atoms with Crippen molar-refractivity contribution in [3.05, 3.63) is 58.6 Å². The standard InChI is InChI=1S/C17H19ClN2/c1-20(2)17-15(18)8-5-9-16(17)19-14-10-12-6-3-4-7-13(12)11-14/h3-9,14,19H,10-11H2,1-2H3. The molecular formula is C17H19ClN2. The fourth-order valence-electron chi connectivity index (χ4n) is 2.97. The summed E-state index contributed by atoms with van der Waals surface area (Å²) in [7, 11) is 4.05. The van der Waals surface area contributed by atoms with Crippen LogP contribution in [-0.4, -0.2) is 20.1 Å². The monoisotopic (exact) mass is 286 g/mol. The van der Waals surface area contributed by atoms with Gasteiger partial charge in [0.2, 0.25) is 0 Å². The number of hydrogen-bond acceptors (Lipinski definition) is 2. The normalized spacial score (nSPS) is 14.2. The molecule has 0 radical (unpaired) electrons. The third-order valence-electron chi connectivity index (χ3n) is 3.84. The highest BCUT2D eigenvalue weighted by Gasteiger charge is 2.22. The molecule has 2 nitrogen and oxygen atoms in total. The van der Waals surface area contributed by atoms with Gasteiger partial charge in [-0.2, -0.15) is 0 Å². The Balaban J connectivity index is 1.82. The number of nitrogens with zero attached hydrogens (tertiary/aromatic N) is 1. The molecular weight excluding hydrogens is 268 g/mol. The van der Waals surface area contributed by atoms with E-state index in [1.165, 1.54) is 11.1 Å². The van der Waals surface area contributed by atoms with Crippen molar-refractivity contribution in [2.75, 3.05) is 24.3 Å². The highest BCUT2D eigenvalue weighted by Crippen LogP contribution is 2.34. The van der Waals surface area contributed by atoms with E-state index in [9.17, 15) is 0 Å². The molecule has 0 bridgehead atoms. The van der Waals surface area contributed by atoms with E-state index < -0.39 is 0 Å². The first-order valence-corrected chi connectivity index (χ1v) is 7.32. The predicted molar refractivity (Wildman–Crippen MR) is 87.0 cm³/mol. The number of rotatable bonds is 3. The summed E-state index contributed by atoms with van der Waals surface area (Å²) in [5.41, 5.74) is 5.09. The first-order chi connectivity index (χ1) is 9.65. The topological polar surface area (TPSA) is 15.3 Å². The van der Waals surface area contributed by atoms with E-state index in [1.807, 2.05) is 26.2 Å². The van der Waals surface area contributed by atoms with Crippen molar-refractivity contribution in [1.82, 2.24) is 0 Å². The van der Waals surface area contributed by atoms with Crippen LogP contribution in [0.25, 0.3) is 0 Å². The maximum absolute atomic E-state index is 6.32. The minimum Gasteiger partial charge on any atom is -0.380 e. The van der Waals surface area contributed by atoms with E-state index in [1.54, 1.807) is 0 Å². The average Bonchev–Trinajstić information content (AvgIpc) is 2.80. The number of para-hydroxylation sites is 1. The van der Waals surface area contributed by atoms with Crippen molar-refractivity contribution in [2.45, 2.75) is 18.9 Å². The van der Waals surface area contributed by atoms with Crippen LogP contribution < -0.4 is 10.2 Å². The van der Waals surface area contributed by atoms with Gasteiger partial charge in [-0.25, -0.2) is 0 Å². The zero-order valence-corrected chi connectivity index (χ0v) is 12.6. The van der Waals surface area contributed by atoms with Crippen LogP contribution in [0.5, 0.6) is 0 Å². The second-order valence-corrected chi connectivity index (χ2v) is 5.96. The molecule has 0 atom stereocenters. The van der Waals surface area contributed by atoms with Gasteiger partial charge in [-0.1, -0.05) is 41.9 Å². The third kappa shape index (κ3) is 2.48. The maximum atomic E-state index is 6.32.